The summed E-state index contributed by atoms with van der Waals surface area (Å²) in [7, 11) is 1.70. The van der Waals surface area contributed by atoms with Crippen LogP contribution in [0.5, 0.6) is 0 Å². The van der Waals surface area contributed by atoms with Gasteiger partial charge < -0.3 is 19.7 Å². The molecule has 25 heavy (non-hydrogen) atoms. The van der Waals surface area contributed by atoms with E-state index in [2.05, 4.69) is 48.3 Å². The second kappa shape index (κ2) is 12.5. The molecule has 0 bridgehead atoms. The van der Waals surface area contributed by atoms with Crippen molar-refractivity contribution in [1.29, 1.82) is 0 Å². The Kier molecular flexibility index (Phi) is 11.1. The van der Waals surface area contributed by atoms with Gasteiger partial charge in [-0.05, 0) is 25.8 Å². The van der Waals surface area contributed by atoms with Crippen LogP contribution >= 0.6 is 24.0 Å². The van der Waals surface area contributed by atoms with Gasteiger partial charge in [0.1, 0.15) is 0 Å². The second-order valence-corrected chi connectivity index (χ2v) is 6.33. The number of rotatable bonds is 8. The van der Waals surface area contributed by atoms with Gasteiger partial charge in [-0.1, -0.05) is 29.8 Å². The molecule has 1 aliphatic rings. The molecule has 1 aromatic carbocycles. The molecule has 5 nitrogen and oxygen atoms in total. The number of halogens is 1. The smallest absolute Gasteiger partial charge is 0.194 e. The molecule has 1 N–H and O–H groups in total. The Morgan fingerprint density at radius 2 is 2.20 bits per heavy atom. The fourth-order valence-corrected chi connectivity index (χ4v) is 2.96. The highest BCUT2D eigenvalue weighted by Crippen LogP contribution is 2.17. The third-order valence-corrected chi connectivity index (χ3v) is 4.20. The monoisotopic (exact) mass is 461 g/mol. The first-order valence-electron chi connectivity index (χ1n) is 8.88. The van der Waals surface area contributed by atoms with E-state index in [1.807, 2.05) is 0 Å². The van der Waals surface area contributed by atoms with Crippen LogP contribution in [0, 0.1) is 12.8 Å². The summed E-state index contributed by atoms with van der Waals surface area (Å²) in [6, 6.07) is 8.55. The second-order valence-electron chi connectivity index (χ2n) is 6.33. The van der Waals surface area contributed by atoms with Crippen LogP contribution in [0.1, 0.15) is 24.5 Å². The molecule has 0 aromatic heterocycles. The van der Waals surface area contributed by atoms with Gasteiger partial charge in [-0.2, -0.15) is 0 Å². The van der Waals surface area contributed by atoms with E-state index in [1.54, 1.807) is 7.11 Å². The summed E-state index contributed by atoms with van der Waals surface area (Å²) < 4.78 is 10.7. The molecule has 0 radical (unpaired) electrons. The highest BCUT2D eigenvalue weighted by atomic mass is 127. The van der Waals surface area contributed by atoms with Gasteiger partial charge >= 0.3 is 0 Å². The molecule has 142 valence electrons. The van der Waals surface area contributed by atoms with E-state index in [4.69, 9.17) is 14.5 Å². The van der Waals surface area contributed by atoms with E-state index in [0.717, 1.165) is 45.2 Å². The number of nitrogens with one attached hydrogen (secondary N) is 1. The molecule has 1 aliphatic heterocycles. The molecule has 0 aliphatic carbocycles. The number of benzene rings is 1. The summed E-state index contributed by atoms with van der Waals surface area (Å²) in [4.78, 5) is 7.17. The fourth-order valence-electron chi connectivity index (χ4n) is 2.96. The van der Waals surface area contributed by atoms with Crippen LogP contribution in [-0.4, -0.2) is 57.4 Å². The zero-order chi connectivity index (χ0) is 17.2. The Balaban J connectivity index is 0.00000312. The molecule has 0 spiro atoms. The number of hydrogen-bond acceptors (Lipinski definition) is 3. The maximum Gasteiger partial charge on any atom is 0.194 e. The van der Waals surface area contributed by atoms with Crippen molar-refractivity contribution in [2.24, 2.45) is 10.9 Å². The third kappa shape index (κ3) is 7.92. The van der Waals surface area contributed by atoms with Crippen LogP contribution in [0.2, 0.25) is 0 Å². The van der Waals surface area contributed by atoms with E-state index in [9.17, 15) is 0 Å². The highest BCUT2D eigenvalue weighted by molar-refractivity contribution is 14.0. The minimum atomic E-state index is 0. The zero-order valence-corrected chi connectivity index (χ0v) is 18.0. The summed E-state index contributed by atoms with van der Waals surface area (Å²) in [5, 5.41) is 3.42. The molecule has 0 saturated carbocycles. The van der Waals surface area contributed by atoms with Crippen molar-refractivity contribution in [3.05, 3.63) is 35.4 Å². The predicted octanol–water partition coefficient (Wildman–Crippen LogP) is 3.06. The number of guanidine groups is 1. The molecule has 1 aromatic rings. The van der Waals surface area contributed by atoms with E-state index in [0.29, 0.717) is 19.1 Å². The van der Waals surface area contributed by atoms with Crippen molar-refractivity contribution in [3.8, 4) is 0 Å². The molecular weight excluding hydrogens is 429 g/mol. The van der Waals surface area contributed by atoms with Crippen LogP contribution in [0.4, 0.5) is 0 Å². The number of aryl methyl sites for hydroxylation is 1. The van der Waals surface area contributed by atoms with E-state index < -0.39 is 0 Å². The van der Waals surface area contributed by atoms with Gasteiger partial charge in [-0.3, -0.25) is 0 Å². The first-order chi connectivity index (χ1) is 11.7. The number of nitrogens with zero attached hydrogens (tertiary/aromatic N) is 2. The summed E-state index contributed by atoms with van der Waals surface area (Å²) in [6.07, 6.45) is 1.15. The summed E-state index contributed by atoms with van der Waals surface area (Å²) >= 11 is 0. The van der Waals surface area contributed by atoms with Gasteiger partial charge in [-0.15, -0.1) is 24.0 Å². The quantitative estimate of drug-likeness (QED) is 0.280. The minimum Gasteiger partial charge on any atom is -0.382 e. The molecule has 1 saturated heterocycles. The minimum absolute atomic E-state index is 0. The number of likely N-dealkylation sites (tertiary alicyclic amines) is 1. The zero-order valence-electron chi connectivity index (χ0n) is 15.7. The van der Waals surface area contributed by atoms with Gasteiger partial charge in [0.05, 0.1) is 26.4 Å². The normalized spacial score (nSPS) is 17.5. The predicted molar refractivity (Wildman–Crippen MR) is 114 cm³/mol. The maximum absolute atomic E-state index is 5.68. The van der Waals surface area contributed by atoms with Gasteiger partial charge in [0.15, 0.2) is 5.96 Å². The Morgan fingerprint density at radius 3 is 2.92 bits per heavy atom. The molecule has 1 fully saturated rings. The van der Waals surface area contributed by atoms with Crippen LogP contribution in [0.25, 0.3) is 0 Å². The Morgan fingerprint density at radius 1 is 1.36 bits per heavy atom. The Bertz CT molecular complexity index is 525. The topological polar surface area (TPSA) is 46.1 Å². The van der Waals surface area contributed by atoms with Crippen LogP contribution < -0.4 is 5.32 Å². The molecule has 1 atom stereocenters. The van der Waals surface area contributed by atoms with Crippen molar-refractivity contribution in [2.45, 2.75) is 26.8 Å². The summed E-state index contributed by atoms with van der Waals surface area (Å²) in [6.45, 7) is 10.0. The Labute approximate surface area is 169 Å². The molecule has 0 amide bonds. The van der Waals surface area contributed by atoms with E-state index >= 15 is 0 Å². The maximum atomic E-state index is 5.68. The van der Waals surface area contributed by atoms with Gasteiger partial charge in [0.25, 0.3) is 0 Å². The average Bonchev–Trinajstić information content (AvgIpc) is 3.04. The molecule has 1 heterocycles. The lowest BCUT2D eigenvalue weighted by Crippen LogP contribution is -2.40. The summed E-state index contributed by atoms with van der Waals surface area (Å²) in [5.74, 6) is 1.59. The third-order valence-electron chi connectivity index (χ3n) is 4.20. The van der Waals surface area contributed by atoms with Crippen LogP contribution in [0.15, 0.2) is 29.3 Å². The van der Waals surface area contributed by atoms with Crippen molar-refractivity contribution >= 4 is 29.9 Å². The van der Waals surface area contributed by atoms with Crippen molar-refractivity contribution in [1.82, 2.24) is 10.2 Å². The first-order valence-corrected chi connectivity index (χ1v) is 8.88. The van der Waals surface area contributed by atoms with Gasteiger partial charge in [0.2, 0.25) is 0 Å². The van der Waals surface area contributed by atoms with E-state index in [1.165, 1.54) is 11.1 Å². The largest absolute Gasteiger partial charge is 0.382 e. The lowest BCUT2D eigenvalue weighted by Gasteiger charge is -2.21. The van der Waals surface area contributed by atoms with Crippen LogP contribution in [0.3, 0.4) is 0 Å². The number of ether oxygens (including phenoxy) is 2. The van der Waals surface area contributed by atoms with E-state index in [-0.39, 0.29) is 24.0 Å². The summed E-state index contributed by atoms with van der Waals surface area (Å²) in [5.41, 5.74) is 2.53. The number of aliphatic imine (C=N–C) groups is 1. The number of hydrogen-bond donors (Lipinski definition) is 1. The fraction of sp³-hybridized carbons (Fsp3) is 0.632. The molecule has 2 rings (SSSR count). The molecule has 6 heteroatoms. The SMILES string of the molecule is CCNC(=NCc1cccc(C)c1)N1CCC(COCCOC)C1.I. The standard InChI is InChI=1S/C19H31N3O2.HI/c1-4-20-19(21-13-17-7-5-6-16(2)12-17)22-9-8-18(14-22)15-24-11-10-23-3;/h5-7,12,18H,4,8-11,13-15H2,1-3H3,(H,20,21);1H. The molecule has 1 unspecified atom stereocenters. The average molecular weight is 461 g/mol. The molecular formula is C19H32IN3O2. The lowest BCUT2D eigenvalue weighted by molar-refractivity contribution is 0.0536. The van der Waals surface area contributed by atoms with Crippen molar-refractivity contribution < 1.29 is 9.47 Å². The lowest BCUT2D eigenvalue weighted by atomic mass is 10.1. The van der Waals surface area contributed by atoms with Crippen LogP contribution in [-0.2, 0) is 16.0 Å². The highest BCUT2D eigenvalue weighted by Gasteiger charge is 2.24. The Hall–Kier alpha value is -0.860. The van der Waals surface area contributed by atoms with Gasteiger partial charge in [-0.25, -0.2) is 4.99 Å². The van der Waals surface area contributed by atoms with Crippen molar-refractivity contribution in [2.75, 3.05) is 46.6 Å². The van der Waals surface area contributed by atoms with Gasteiger partial charge in [0, 0.05) is 32.7 Å². The number of methoxy groups -OCH3 is 1. The van der Waals surface area contributed by atoms with Crippen molar-refractivity contribution in [3.63, 3.8) is 0 Å². The first kappa shape index (κ1) is 22.2.